The summed E-state index contributed by atoms with van der Waals surface area (Å²) in [4.78, 5) is 17.7. The van der Waals surface area contributed by atoms with E-state index in [1.165, 1.54) is 12.1 Å². The molecule has 0 radical (unpaired) electrons. The first-order valence-corrected chi connectivity index (χ1v) is 9.95. The molecule has 0 atom stereocenters. The van der Waals surface area contributed by atoms with Crippen LogP contribution in [-0.2, 0) is 11.2 Å². The number of amides is 1. The molecule has 0 bridgehead atoms. The average molecular weight is 411 g/mol. The van der Waals surface area contributed by atoms with Crippen LogP contribution in [-0.4, -0.2) is 25.8 Å². The lowest BCUT2D eigenvalue weighted by atomic mass is 10.2. The summed E-state index contributed by atoms with van der Waals surface area (Å²) >= 11 is 1.54. The van der Waals surface area contributed by atoms with Gasteiger partial charge in [-0.15, -0.1) is 11.3 Å². The molecule has 9 heteroatoms. The minimum atomic E-state index is -0.327. The molecule has 148 valence electrons. The van der Waals surface area contributed by atoms with Gasteiger partial charge in [0.05, 0.1) is 16.3 Å². The molecule has 0 aliphatic carbocycles. The number of anilines is 1. The van der Waals surface area contributed by atoms with Crippen molar-refractivity contribution in [3.05, 3.63) is 65.2 Å². The Kier molecular flexibility index (Phi) is 5.48. The van der Waals surface area contributed by atoms with Crippen molar-refractivity contribution in [1.82, 2.24) is 19.9 Å². The van der Waals surface area contributed by atoms with Gasteiger partial charge < -0.3 is 9.84 Å². The van der Waals surface area contributed by atoms with Crippen LogP contribution in [0.15, 0.2) is 52.4 Å². The van der Waals surface area contributed by atoms with Crippen molar-refractivity contribution in [2.75, 3.05) is 5.32 Å². The normalized spacial score (nSPS) is 11.0. The fraction of sp³-hybridized carbons (Fsp3) is 0.200. The summed E-state index contributed by atoms with van der Waals surface area (Å²) in [6, 6.07) is 11.6. The lowest BCUT2D eigenvalue weighted by Crippen LogP contribution is -2.15. The van der Waals surface area contributed by atoms with E-state index in [0.29, 0.717) is 42.5 Å². The summed E-state index contributed by atoms with van der Waals surface area (Å²) in [6.07, 6.45) is 1.38. The molecule has 0 aliphatic heterocycles. The molecule has 7 nitrogen and oxygen atoms in total. The van der Waals surface area contributed by atoms with Crippen molar-refractivity contribution in [2.45, 2.75) is 26.2 Å². The first-order chi connectivity index (χ1) is 14.1. The Morgan fingerprint density at radius 1 is 1.28 bits per heavy atom. The summed E-state index contributed by atoms with van der Waals surface area (Å²) in [6.45, 7) is 1.83. The molecule has 1 aromatic carbocycles. The molecular formula is C20H18FN5O2S. The molecule has 0 spiro atoms. The van der Waals surface area contributed by atoms with Crippen LogP contribution in [0.1, 0.15) is 24.4 Å². The Bertz CT molecular complexity index is 1100. The third kappa shape index (κ3) is 4.57. The zero-order valence-corrected chi connectivity index (χ0v) is 16.4. The fourth-order valence-electron chi connectivity index (χ4n) is 2.84. The average Bonchev–Trinajstić information content (AvgIpc) is 3.43. The van der Waals surface area contributed by atoms with Crippen LogP contribution in [0, 0.1) is 12.7 Å². The van der Waals surface area contributed by atoms with Gasteiger partial charge in [-0.2, -0.15) is 10.1 Å². The highest BCUT2D eigenvalue weighted by Crippen LogP contribution is 2.22. The molecule has 29 heavy (non-hydrogen) atoms. The minimum absolute atomic E-state index is 0.147. The van der Waals surface area contributed by atoms with Crippen LogP contribution in [0.2, 0.25) is 0 Å². The zero-order valence-electron chi connectivity index (χ0n) is 15.6. The largest absolute Gasteiger partial charge is 0.339 e. The van der Waals surface area contributed by atoms with E-state index in [4.69, 9.17) is 4.52 Å². The van der Waals surface area contributed by atoms with Crippen LogP contribution < -0.4 is 5.32 Å². The van der Waals surface area contributed by atoms with Crippen molar-refractivity contribution in [3.63, 3.8) is 0 Å². The molecular weight excluding hydrogens is 393 g/mol. The summed E-state index contributed by atoms with van der Waals surface area (Å²) < 4.78 is 20.0. The Labute approximate surface area is 170 Å². The Morgan fingerprint density at radius 2 is 2.10 bits per heavy atom. The Balaban J connectivity index is 1.34. The quantitative estimate of drug-likeness (QED) is 0.487. The minimum Gasteiger partial charge on any atom is -0.339 e. The van der Waals surface area contributed by atoms with Gasteiger partial charge in [0, 0.05) is 18.9 Å². The smallest absolute Gasteiger partial charge is 0.226 e. The van der Waals surface area contributed by atoms with Gasteiger partial charge in [-0.3, -0.25) is 4.79 Å². The van der Waals surface area contributed by atoms with Gasteiger partial charge in [0.1, 0.15) is 11.6 Å². The zero-order chi connectivity index (χ0) is 20.2. The highest BCUT2D eigenvalue weighted by molar-refractivity contribution is 7.13. The van der Waals surface area contributed by atoms with Crippen molar-refractivity contribution in [3.8, 4) is 16.4 Å². The number of hydrogen-bond acceptors (Lipinski definition) is 6. The maximum Gasteiger partial charge on any atom is 0.226 e. The number of halogens is 1. The van der Waals surface area contributed by atoms with E-state index in [0.717, 1.165) is 10.6 Å². The molecule has 4 rings (SSSR count). The summed E-state index contributed by atoms with van der Waals surface area (Å²) in [7, 11) is 0. The molecule has 0 fully saturated rings. The first-order valence-electron chi connectivity index (χ1n) is 9.07. The standard InChI is InChI=1S/C20H18FN5O2S/c1-13-12-17(26(24-13)15-9-7-14(21)8-10-15)22-18(27)5-2-6-19-23-20(25-28-19)16-4-3-11-29-16/h3-4,7-12H,2,5-6H2,1H3,(H,22,27). The van der Waals surface area contributed by atoms with E-state index in [1.54, 1.807) is 34.2 Å². The third-order valence-electron chi connectivity index (χ3n) is 4.17. The second kappa shape index (κ2) is 8.36. The predicted octanol–water partition coefficient (Wildman–Crippen LogP) is 4.39. The topological polar surface area (TPSA) is 85.8 Å². The summed E-state index contributed by atoms with van der Waals surface area (Å²) in [5.74, 6) is 1.14. The van der Waals surface area contributed by atoms with Gasteiger partial charge in [-0.05, 0) is 49.1 Å². The number of nitrogens with zero attached hydrogens (tertiary/aromatic N) is 4. The van der Waals surface area contributed by atoms with E-state index in [-0.39, 0.29) is 11.7 Å². The van der Waals surface area contributed by atoms with E-state index in [9.17, 15) is 9.18 Å². The monoisotopic (exact) mass is 411 g/mol. The number of thiophene rings is 1. The van der Waals surface area contributed by atoms with Crippen LogP contribution in [0.4, 0.5) is 10.2 Å². The lowest BCUT2D eigenvalue weighted by Gasteiger charge is -2.08. The number of aromatic nitrogens is 4. The number of benzene rings is 1. The number of nitrogens with one attached hydrogen (secondary N) is 1. The number of carbonyl (C=O) groups excluding carboxylic acids is 1. The van der Waals surface area contributed by atoms with E-state index < -0.39 is 0 Å². The molecule has 0 saturated carbocycles. The Morgan fingerprint density at radius 3 is 2.86 bits per heavy atom. The van der Waals surface area contributed by atoms with Crippen LogP contribution in [0.25, 0.3) is 16.4 Å². The number of carbonyl (C=O) groups is 1. The van der Waals surface area contributed by atoms with Crippen LogP contribution in [0.3, 0.4) is 0 Å². The van der Waals surface area contributed by atoms with Gasteiger partial charge in [0.25, 0.3) is 0 Å². The second-order valence-electron chi connectivity index (χ2n) is 6.45. The molecule has 0 saturated heterocycles. The van der Waals surface area contributed by atoms with E-state index in [2.05, 4.69) is 20.6 Å². The summed E-state index contributed by atoms with van der Waals surface area (Å²) in [5.41, 5.74) is 1.42. The van der Waals surface area contributed by atoms with Crippen molar-refractivity contribution in [2.24, 2.45) is 0 Å². The molecule has 3 aromatic heterocycles. The molecule has 0 aliphatic rings. The summed E-state index contributed by atoms with van der Waals surface area (Å²) in [5, 5.41) is 13.1. The highest BCUT2D eigenvalue weighted by Gasteiger charge is 2.13. The van der Waals surface area contributed by atoms with E-state index >= 15 is 0 Å². The maximum absolute atomic E-state index is 13.2. The van der Waals surface area contributed by atoms with Crippen molar-refractivity contribution >= 4 is 23.1 Å². The van der Waals surface area contributed by atoms with Gasteiger partial charge in [0.2, 0.25) is 17.6 Å². The van der Waals surface area contributed by atoms with Crippen molar-refractivity contribution < 1.29 is 13.7 Å². The maximum atomic E-state index is 13.2. The first kappa shape index (κ1) is 19.0. The van der Waals surface area contributed by atoms with Gasteiger partial charge in [-0.25, -0.2) is 9.07 Å². The SMILES string of the molecule is Cc1cc(NC(=O)CCCc2nc(-c3cccs3)no2)n(-c2ccc(F)cc2)n1. The van der Waals surface area contributed by atoms with Gasteiger partial charge >= 0.3 is 0 Å². The van der Waals surface area contributed by atoms with Gasteiger partial charge in [0.15, 0.2) is 0 Å². The number of hydrogen-bond donors (Lipinski definition) is 1. The van der Waals surface area contributed by atoms with E-state index in [1.807, 2.05) is 24.4 Å². The molecule has 1 N–H and O–H groups in total. The molecule has 3 heterocycles. The van der Waals surface area contributed by atoms with Crippen LogP contribution in [0.5, 0.6) is 0 Å². The fourth-order valence-corrected chi connectivity index (χ4v) is 3.48. The molecule has 1 amide bonds. The second-order valence-corrected chi connectivity index (χ2v) is 7.40. The Hall–Kier alpha value is -3.33. The van der Waals surface area contributed by atoms with Crippen LogP contribution >= 0.6 is 11.3 Å². The van der Waals surface area contributed by atoms with Crippen molar-refractivity contribution in [1.29, 1.82) is 0 Å². The highest BCUT2D eigenvalue weighted by atomic mass is 32.1. The third-order valence-corrected chi connectivity index (χ3v) is 5.04. The number of rotatable bonds is 7. The van der Waals surface area contributed by atoms with Gasteiger partial charge in [-0.1, -0.05) is 11.2 Å². The predicted molar refractivity (Wildman–Crippen MR) is 107 cm³/mol. The molecule has 0 unspecified atom stereocenters. The number of aryl methyl sites for hydroxylation is 2. The lowest BCUT2D eigenvalue weighted by molar-refractivity contribution is -0.116. The molecule has 4 aromatic rings.